The van der Waals surface area contributed by atoms with Gasteiger partial charge in [-0.15, -0.1) is 0 Å². The topological polar surface area (TPSA) is 85.0 Å². The molecule has 0 spiro atoms. The SMILES string of the molecule is CC1(C#N)CCN(S(=O)(=O)c2ccc(F)c(C#N)c2)CC1. The highest BCUT2D eigenvalue weighted by Crippen LogP contribution is 2.32. The van der Waals surface area contributed by atoms with Gasteiger partial charge in [0.05, 0.1) is 21.9 Å². The first-order valence-electron chi connectivity index (χ1n) is 6.43. The summed E-state index contributed by atoms with van der Waals surface area (Å²) in [6, 6.07) is 7.02. The van der Waals surface area contributed by atoms with E-state index in [1.165, 1.54) is 4.31 Å². The maximum atomic E-state index is 13.3. The Hall–Kier alpha value is -1.96. The zero-order chi connectivity index (χ0) is 15.7. The summed E-state index contributed by atoms with van der Waals surface area (Å²) >= 11 is 0. The molecule has 1 aliphatic rings. The third-order valence-corrected chi connectivity index (χ3v) is 5.69. The van der Waals surface area contributed by atoms with Crippen LogP contribution in [0.4, 0.5) is 4.39 Å². The molecule has 0 radical (unpaired) electrons. The van der Waals surface area contributed by atoms with Crippen molar-refractivity contribution in [2.45, 2.75) is 24.7 Å². The molecule has 0 saturated carbocycles. The molecule has 5 nitrogen and oxygen atoms in total. The Balaban J connectivity index is 2.29. The molecule has 0 bridgehead atoms. The van der Waals surface area contributed by atoms with Crippen LogP contribution in [0.5, 0.6) is 0 Å². The van der Waals surface area contributed by atoms with E-state index < -0.39 is 21.3 Å². The monoisotopic (exact) mass is 307 g/mol. The summed E-state index contributed by atoms with van der Waals surface area (Å²) in [6.45, 7) is 2.29. The second-order valence-corrected chi connectivity index (χ2v) is 7.27. The highest BCUT2D eigenvalue weighted by molar-refractivity contribution is 7.89. The van der Waals surface area contributed by atoms with Crippen LogP contribution in [0.3, 0.4) is 0 Å². The molecule has 1 aromatic carbocycles. The third kappa shape index (κ3) is 2.90. The van der Waals surface area contributed by atoms with Gasteiger partial charge in [-0.2, -0.15) is 14.8 Å². The molecule has 7 heteroatoms. The van der Waals surface area contributed by atoms with Crippen LogP contribution >= 0.6 is 0 Å². The molecule has 0 N–H and O–H groups in total. The van der Waals surface area contributed by atoms with Gasteiger partial charge < -0.3 is 0 Å². The van der Waals surface area contributed by atoms with Crippen LogP contribution in [0.2, 0.25) is 0 Å². The Morgan fingerprint density at radius 2 is 1.90 bits per heavy atom. The van der Waals surface area contributed by atoms with Gasteiger partial charge in [-0.3, -0.25) is 0 Å². The standard InChI is InChI=1S/C14H14FN3O2S/c1-14(10-17)4-6-18(7-5-14)21(19,20)12-2-3-13(15)11(8-12)9-16/h2-3,8H,4-7H2,1H3. The molecule has 110 valence electrons. The van der Waals surface area contributed by atoms with E-state index in [1.54, 1.807) is 6.07 Å². The Kier molecular flexibility index (Phi) is 3.99. The zero-order valence-corrected chi connectivity index (χ0v) is 12.3. The number of nitriles is 2. The first kappa shape index (κ1) is 15.4. The zero-order valence-electron chi connectivity index (χ0n) is 11.5. The number of sulfonamides is 1. The average Bonchev–Trinajstić information content (AvgIpc) is 2.48. The molecule has 0 unspecified atom stereocenters. The van der Waals surface area contributed by atoms with E-state index in [0.717, 1.165) is 18.2 Å². The van der Waals surface area contributed by atoms with E-state index in [1.807, 2.05) is 6.92 Å². The molecular formula is C14H14FN3O2S. The maximum absolute atomic E-state index is 13.3. The molecule has 1 saturated heterocycles. The number of rotatable bonds is 2. The predicted octanol–water partition coefficient (Wildman–Crippen LogP) is 2.01. The van der Waals surface area contributed by atoms with Gasteiger partial charge in [0.2, 0.25) is 10.0 Å². The lowest BCUT2D eigenvalue weighted by Crippen LogP contribution is -2.41. The van der Waals surface area contributed by atoms with Crippen molar-refractivity contribution in [3.8, 4) is 12.1 Å². The summed E-state index contributed by atoms with van der Waals surface area (Å²) in [4.78, 5) is -0.0963. The summed E-state index contributed by atoms with van der Waals surface area (Å²) in [7, 11) is -3.76. The molecule has 0 aliphatic carbocycles. The molecule has 0 amide bonds. The Morgan fingerprint density at radius 3 is 2.43 bits per heavy atom. The average molecular weight is 307 g/mol. The van der Waals surface area contributed by atoms with E-state index in [-0.39, 0.29) is 23.5 Å². The second kappa shape index (κ2) is 5.44. The van der Waals surface area contributed by atoms with Gasteiger partial charge >= 0.3 is 0 Å². The van der Waals surface area contributed by atoms with Crippen LogP contribution in [0.25, 0.3) is 0 Å². The molecule has 1 heterocycles. The van der Waals surface area contributed by atoms with Crippen molar-refractivity contribution in [1.82, 2.24) is 4.31 Å². The Bertz CT molecular complexity index is 738. The van der Waals surface area contributed by atoms with Crippen LogP contribution in [0, 0.1) is 33.9 Å². The fourth-order valence-corrected chi connectivity index (χ4v) is 3.70. The summed E-state index contributed by atoms with van der Waals surface area (Å²) in [5.74, 6) is -0.743. The predicted molar refractivity (Wildman–Crippen MR) is 72.8 cm³/mol. The fourth-order valence-electron chi connectivity index (χ4n) is 2.23. The summed E-state index contributed by atoms with van der Waals surface area (Å²) in [6.07, 6.45) is 0.907. The lowest BCUT2D eigenvalue weighted by atomic mass is 9.83. The van der Waals surface area contributed by atoms with E-state index in [9.17, 15) is 12.8 Å². The normalized spacial score (nSPS) is 18.7. The molecule has 0 aromatic heterocycles. The lowest BCUT2D eigenvalue weighted by molar-refractivity contribution is 0.232. The number of hydrogen-bond acceptors (Lipinski definition) is 4. The Labute approximate surface area is 123 Å². The Morgan fingerprint density at radius 1 is 1.29 bits per heavy atom. The first-order valence-corrected chi connectivity index (χ1v) is 7.87. The smallest absolute Gasteiger partial charge is 0.207 e. The summed E-state index contributed by atoms with van der Waals surface area (Å²) in [5.41, 5.74) is -0.804. The van der Waals surface area contributed by atoms with Gasteiger partial charge in [0.1, 0.15) is 11.9 Å². The number of halogens is 1. The van der Waals surface area contributed by atoms with E-state index >= 15 is 0 Å². The molecule has 2 rings (SSSR count). The highest BCUT2D eigenvalue weighted by Gasteiger charge is 2.35. The first-order chi connectivity index (χ1) is 9.82. The van der Waals surface area contributed by atoms with Crippen molar-refractivity contribution in [2.75, 3.05) is 13.1 Å². The van der Waals surface area contributed by atoms with Crippen molar-refractivity contribution in [3.63, 3.8) is 0 Å². The van der Waals surface area contributed by atoms with Gasteiger partial charge in [-0.25, -0.2) is 12.8 Å². The largest absolute Gasteiger partial charge is 0.243 e. The van der Waals surface area contributed by atoms with Crippen LogP contribution < -0.4 is 0 Å². The second-order valence-electron chi connectivity index (χ2n) is 5.33. The van der Waals surface area contributed by atoms with Crippen molar-refractivity contribution in [2.24, 2.45) is 5.41 Å². The highest BCUT2D eigenvalue weighted by atomic mass is 32.2. The van der Waals surface area contributed by atoms with Crippen molar-refractivity contribution >= 4 is 10.0 Å². The van der Waals surface area contributed by atoms with Crippen LogP contribution in [-0.2, 0) is 10.0 Å². The van der Waals surface area contributed by atoms with Crippen molar-refractivity contribution < 1.29 is 12.8 Å². The van der Waals surface area contributed by atoms with E-state index in [2.05, 4.69) is 6.07 Å². The quantitative estimate of drug-likeness (QED) is 0.836. The molecule has 21 heavy (non-hydrogen) atoms. The number of piperidine rings is 1. The molecule has 1 aromatic rings. The molecule has 0 atom stereocenters. The van der Waals surface area contributed by atoms with Crippen LogP contribution in [0.1, 0.15) is 25.3 Å². The third-order valence-electron chi connectivity index (χ3n) is 3.79. The summed E-state index contributed by atoms with van der Waals surface area (Å²) < 4.78 is 39.5. The van der Waals surface area contributed by atoms with Gasteiger partial charge in [-0.1, -0.05) is 0 Å². The van der Waals surface area contributed by atoms with Gasteiger partial charge in [0, 0.05) is 13.1 Å². The minimum absolute atomic E-state index is 0.0963. The number of hydrogen-bond donors (Lipinski definition) is 0. The number of benzene rings is 1. The van der Waals surface area contributed by atoms with Crippen LogP contribution in [0.15, 0.2) is 23.1 Å². The van der Waals surface area contributed by atoms with Crippen LogP contribution in [-0.4, -0.2) is 25.8 Å². The number of nitrogens with zero attached hydrogens (tertiary/aromatic N) is 3. The van der Waals surface area contributed by atoms with E-state index in [0.29, 0.717) is 12.8 Å². The van der Waals surface area contributed by atoms with E-state index in [4.69, 9.17) is 10.5 Å². The van der Waals surface area contributed by atoms with Gasteiger partial charge in [0.25, 0.3) is 0 Å². The van der Waals surface area contributed by atoms with Crippen molar-refractivity contribution in [3.05, 3.63) is 29.6 Å². The summed E-state index contributed by atoms with van der Waals surface area (Å²) in [5, 5.41) is 17.8. The molecule has 1 aliphatic heterocycles. The molecular weight excluding hydrogens is 293 g/mol. The minimum Gasteiger partial charge on any atom is -0.207 e. The maximum Gasteiger partial charge on any atom is 0.243 e. The lowest BCUT2D eigenvalue weighted by Gasteiger charge is -2.34. The van der Waals surface area contributed by atoms with Crippen molar-refractivity contribution in [1.29, 1.82) is 10.5 Å². The minimum atomic E-state index is -3.76. The molecule has 1 fully saturated rings. The fraction of sp³-hybridized carbons (Fsp3) is 0.429. The van der Waals surface area contributed by atoms with Gasteiger partial charge in [-0.05, 0) is 38.0 Å². The van der Waals surface area contributed by atoms with Gasteiger partial charge in [0.15, 0.2) is 0 Å².